The fourth-order valence-corrected chi connectivity index (χ4v) is 1.77. The Morgan fingerprint density at radius 2 is 2.20 bits per heavy atom. The minimum Gasteiger partial charge on any atom is -0.313 e. The van der Waals surface area contributed by atoms with E-state index in [9.17, 15) is 4.79 Å². The van der Waals surface area contributed by atoms with Crippen LogP contribution >= 0.6 is 11.6 Å². The molecule has 1 aliphatic rings. The van der Waals surface area contributed by atoms with E-state index in [0.29, 0.717) is 5.02 Å². The van der Waals surface area contributed by atoms with E-state index in [4.69, 9.17) is 11.6 Å². The van der Waals surface area contributed by atoms with Crippen molar-refractivity contribution in [1.29, 1.82) is 0 Å². The SMILES string of the molecule is CC1=NCC(=O)N(C)c2ccc(Cl)cc21. The highest BCUT2D eigenvalue weighted by molar-refractivity contribution is 6.31. The molecule has 0 bridgehead atoms. The number of nitrogens with zero attached hydrogens (tertiary/aromatic N) is 2. The smallest absolute Gasteiger partial charge is 0.248 e. The lowest BCUT2D eigenvalue weighted by Crippen LogP contribution is -2.27. The predicted octanol–water partition coefficient (Wildman–Crippen LogP) is 2.13. The molecule has 0 saturated carbocycles. The summed E-state index contributed by atoms with van der Waals surface area (Å²) >= 11 is 5.92. The van der Waals surface area contributed by atoms with Crippen molar-refractivity contribution in [3.63, 3.8) is 0 Å². The van der Waals surface area contributed by atoms with Gasteiger partial charge in [-0.25, -0.2) is 0 Å². The van der Waals surface area contributed by atoms with E-state index >= 15 is 0 Å². The first-order chi connectivity index (χ1) is 7.09. The zero-order valence-corrected chi connectivity index (χ0v) is 9.38. The summed E-state index contributed by atoms with van der Waals surface area (Å²) in [5.41, 5.74) is 2.64. The van der Waals surface area contributed by atoms with Gasteiger partial charge in [-0.2, -0.15) is 0 Å². The number of fused-ring (bicyclic) bond motifs is 1. The number of benzodiazepines with no additional fused rings is 1. The van der Waals surface area contributed by atoms with Gasteiger partial charge in [-0.1, -0.05) is 11.6 Å². The molecule has 3 nitrogen and oxygen atoms in total. The number of hydrogen-bond donors (Lipinski definition) is 0. The lowest BCUT2D eigenvalue weighted by molar-refractivity contribution is -0.116. The highest BCUT2D eigenvalue weighted by atomic mass is 35.5. The van der Waals surface area contributed by atoms with Crippen LogP contribution in [0.1, 0.15) is 12.5 Å². The molecule has 0 spiro atoms. The van der Waals surface area contributed by atoms with Crippen LogP contribution in [-0.2, 0) is 4.79 Å². The topological polar surface area (TPSA) is 32.7 Å². The Morgan fingerprint density at radius 3 is 2.93 bits per heavy atom. The molecule has 1 aromatic rings. The number of amides is 1. The molecule has 15 heavy (non-hydrogen) atoms. The van der Waals surface area contributed by atoms with E-state index in [1.165, 1.54) is 0 Å². The average molecular weight is 223 g/mol. The predicted molar refractivity (Wildman–Crippen MR) is 61.9 cm³/mol. The second-order valence-electron chi connectivity index (χ2n) is 3.52. The second-order valence-corrected chi connectivity index (χ2v) is 3.95. The molecule has 0 unspecified atom stereocenters. The van der Waals surface area contributed by atoms with E-state index in [1.807, 2.05) is 19.1 Å². The highest BCUT2D eigenvalue weighted by Crippen LogP contribution is 2.26. The fourth-order valence-electron chi connectivity index (χ4n) is 1.60. The summed E-state index contributed by atoms with van der Waals surface area (Å²) in [6.45, 7) is 2.09. The third-order valence-electron chi connectivity index (χ3n) is 2.54. The van der Waals surface area contributed by atoms with Gasteiger partial charge in [0.25, 0.3) is 0 Å². The maximum Gasteiger partial charge on any atom is 0.248 e. The quantitative estimate of drug-likeness (QED) is 0.662. The number of likely N-dealkylation sites (N-methyl/N-ethyl adjacent to an activating group) is 1. The summed E-state index contributed by atoms with van der Waals surface area (Å²) in [7, 11) is 1.75. The van der Waals surface area contributed by atoms with Crippen molar-refractivity contribution in [2.45, 2.75) is 6.92 Å². The van der Waals surface area contributed by atoms with E-state index in [-0.39, 0.29) is 12.5 Å². The van der Waals surface area contributed by atoms with Crippen LogP contribution in [0.4, 0.5) is 5.69 Å². The maximum absolute atomic E-state index is 11.6. The molecule has 78 valence electrons. The maximum atomic E-state index is 11.6. The summed E-state index contributed by atoms with van der Waals surface area (Å²) < 4.78 is 0. The summed E-state index contributed by atoms with van der Waals surface area (Å²) in [5, 5.41) is 0.658. The van der Waals surface area contributed by atoms with Crippen molar-refractivity contribution < 1.29 is 4.79 Å². The van der Waals surface area contributed by atoms with Crippen LogP contribution in [-0.4, -0.2) is 25.2 Å². The second kappa shape index (κ2) is 3.66. The first-order valence-corrected chi connectivity index (χ1v) is 5.05. The van der Waals surface area contributed by atoms with Crippen molar-refractivity contribution in [3.05, 3.63) is 28.8 Å². The Balaban J connectivity index is 2.63. The number of rotatable bonds is 0. The Kier molecular flexibility index (Phi) is 2.49. The number of anilines is 1. The molecule has 2 rings (SSSR count). The van der Waals surface area contributed by atoms with Crippen molar-refractivity contribution in [1.82, 2.24) is 0 Å². The number of carbonyl (C=O) groups is 1. The average Bonchev–Trinajstić information content (AvgIpc) is 2.32. The molecule has 1 heterocycles. The first kappa shape index (κ1) is 10.2. The number of halogens is 1. The standard InChI is InChI=1S/C11H11ClN2O/c1-7-9-5-8(12)3-4-10(9)14(2)11(15)6-13-7/h3-5H,6H2,1-2H3. The van der Waals surface area contributed by atoms with Gasteiger partial charge >= 0.3 is 0 Å². The van der Waals surface area contributed by atoms with Crippen LogP contribution in [0.2, 0.25) is 5.02 Å². The number of benzene rings is 1. The Morgan fingerprint density at radius 1 is 1.47 bits per heavy atom. The van der Waals surface area contributed by atoms with Gasteiger partial charge in [0.05, 0.1) is 5.69 Å². The number of aliphatic imine (C=N–C) groups is 1. The molecule has 0 N–H and O–H groups in total. The molecule has 0 atom stereocenters. The summed E-state index contributed by atoms with van der Waals surface area (Å²) in [6.07, 6.45) is 0. The van der Waals surface area contributed by atoms with Gasteiger partial charge < -0.3 is 4.90 Å². The van der Waals surface area contributed by atoms with Gasteiger partial charge in [-0.3, -0.25) is 9.79 Å². The van der Waals surface area contributed by atoms with Gasteiger partial charge in [-0.05, 0) is 25.1 Å². The molecular formula is C11H11ClN2O. The van der Waals surface area contributed by atoms with Crippen molar-refractivity contribution in [2.24, 2.45) is 4.99 Å². The molecule has 0 radical (unpaired) electrons. The molecule has 1 aliphatic heterocycles. The summed E-state index contributed by atoms with van der Waals surface area (Å²) in [4.78, 5) is 17.4. The van der Waals surface area contributed by atoms with Crippen LogP contribution in [0, 0.1) is 0 Å². The molecular weight excluding hydrogens is 212 g/mol. The van der Waals surface area contributed by atoms with Crippen molar-refractivity contribution in [3.8, 4) is 0 Å². The van der Waals surface area contributed by atoms with Crippen LogP contribution in [0.25, 0.3) is 0 Å². The van der Waals surface area contributed by atoms with Crippen LogP contribution in [0.15, 0.2) is 23.2 Å². The minimum absolute atomic E-state index is 0.00424. The van der Waals surface area contributed by atoms with Gasteiger partial charge in [0.2, 0.25) is 5.91 Å². The normalized spacial score (nSPS) is 15.8. The lowest BCUT2D eigenvalue weighted by Gasteiger charge is -2.17. The molecule has 4 heteroatoms. The highest BCUT2D eigenvalue weighted by Gasteiger charge is 2.19. The Bertz CT molecular complexity index is 454. The van der Waals surface area contributed by atoms with E-state index < -0.39 is 0 Å². The monoisotopic (exact) mass is 222 g/mol. The largest absolute Gasteiger partial charge is 0.313 e. The third kappa shape index (κ3) is 1.75. The van der Waals surface area contributed by atoms with Crippen LogP contribution < -0.4 is 4.90 Å². The van der Waals surface area contributed by atoms with Gasteiger partial charge in [0.15, 0.2) is 0 Å². The number of carbonyl (C=O) groups excluding carboxylic acids is 1. The number of hydrogen-bond acceptors (Lipinski definition) is 2. The Hall–Kier alpha value is -1.35. The first-order valence-electron chi connectivity index (χ1n) is 4.67. The molecule has 0 aromatic heterocycles. The zero-order chi connectivity index (χ0) is 11.0. The van der Waals surface area contributed by atoms with Crippen LogP contribution in [0.5, 0.6) is 0 Å². The van der Waals surface area contributed by atoms with E-state index in [1.54, 1.807) is 18.0 Å². The summed E-state index contributed by atoms with van der Waals surface area (Å²) in [5.74, 6) is -0.00424. The van der Waals surface area contributed by atoms with E-state index in [2.05, 4.69) is 4.99 Å². The van der Waals surface area contributed by atoms with Gasteiger partial charge in [0.1, 0.15) is 6.54 Å². The minimum atomic E-state index is -0.00424. The zero-order valence-electron chi connectivity index (χ0n) is 8.62. The molecule has 1 aromatic carbocycles. The lowest BCUT2D eigenvalue weighted by atomic mass is 10.1. The Labute approximate surface area is 93.4 Å². The third-order valence-corrected chi connectivity index (χ3v) is 2.77. The van der Waals surface area contributed by atoms with E-state index in [0.717, 1.165) is 17.0 Å². The fraction of sp³-hybridized carbons (Fsp3) is 0.273. The van der Waals surface area contributed by atoms with Gasteiger partial charge in [0, 0.05) is 23.3 Å². The molecule has 0 saturated heterocycles. The van der Waals surface area contributed by atoms with Crippen molar-refractivity contribution >= 4 is 28.9 Å². The molecule has 0 fully saturated rings. The molecule has 0 aliphatic carbocycles. The van der Waals surface area contributed by atoms with Gasteiger partial charge in [-0.15, -0.1) is 0 Å². The van der Waals surface area contributed by atoms with Crippen LogP contribution in [0.3, 0.4) is 0 Å². The molecule has 1 amide bonds. The van der Waals surface area contributed by atoms with Crippen molar-refractivity contribution in [2.75, 3.05) is 18.5 Å². The summed E-state index contributed by atoms with van der Waals surface area (Å²) in [6, 6.07) is 5.47.